The van der Waals surface area contributed by atoms with E-state index in [-0.39, 0.29) is 0 Å². The van der Waals surface area contributed by atoms with E-state index in [0.717, 1.165) is 17.4 Å². The highest BCUT2D eigenvalue weighted by Crippen LogP contribution is 2.29. The molecule has 0 saturated heterocycles. The second kappa shape index (κ2) is 5.30. The molecule has 0 saturated carbocycles. The van der Waals surface area contributed by atoms with Crippen molar-refractivity contribution < 1.29 is 0 Å². The Morgan fingerprint density at radius 3 is 2.64 bits per heavy atom. The molecule has 0 aliphatic carbocycles. The van der Waals surface area contributed by atoms with Crippen molar-refractivity contribution in [2.75, 3.05) is 11.5 Å². The van der Waals surface area contributed by atoms with E-state index in [0.29, 0.717) is 0 Å². The van der Waals surface area contributed by atoms with Crippen molar-refractivity contribution in [3.63, 3.8) is 0 Å². The van der Waals surface area contributed by atoms with Crippen LogP contribution in [0.1, 0.15) is 25.8 Å². The van der Waals surface area contributed by atoms with Gasteiger partial charge in [0, 0.05) is 10.6 Å². The van der Waals surface area contributed by atoms with Gasteiger partial charge in [0.15, 0.2) is 0 Å². The van der Waals surface area contributed by atoms with E-state index in [1.54, 1.807) is 0 Å². The van der Waals surface area contributed by atoms with Crippen LogP contribution in [0.4, 0.5) is 5.69 Å². The van der Waals surface area contributed by atoms with Crippen LogP contribution < -0.4 is 5.73 Å². The van der Waals surface area contributed by atoms with Gasteiger partial charge < -0.3 is 5.73 Å². The molecule has 0 fully saturated rings. The number of nitrogens with two attached hydrogens (primary N) is 1. The minimum Gasteiger partial charge on any atom is -0.398 e. The van der Waals surface area contributed by atoms with Gasteiger partial charge in [0.1, 0.15) is 0 Å². The molecule has 1 aromatic rings. The average Bonchev–Trinajstić information content (AvgIpc) is 2.09. The summed E-state index contributed by atoms with van der Waals surface area (Å²) < 4.78 is 0. The Morgan fingerprint density at radius 2 is 2.07 bits per heavy atom. The molecule has 14 heavy (non-hydrogen) atoms. The molecular formula is C12H19NS. The monoisotopic (exact) mass is 209 g/mol. The Morgan fingerprint density at radius 1 is 1.36 bits per heavy atom. The highest BCUT2D eigenvalue weighted by molar-refractivity contribution is 7.99. The maximum atomic E-state index is 5.92. The second-order valence-corrected chi connectivity index (χ2v) is 5.13. The van der Waals surface area contributed by atoms with Gasteiger partial charge in [-0.1, -0.05) is 26.0 Å². The minimum absolute atomic E-state index is 0.771. The van der Waals surface area contributed by atoms with Gasteiger partial charge in [-0.2, -0.15) is 0 Å². The van der Waals surface area contributed by atoms with E-state index in [1.807, 2.05) is 23.9 Å². The maximum absolute atomic E-state index is 5.92. The fourth-order valence-corrected chi connectivity index (χ4v) is 2.59. The Hall–Kier alpha value is -0.630. The van der Waals surface area contributed by atoms with Gasteiger partial charge >= 0.3 is 0 Å². The van der Waals surface area contributed by atoms with E-state index < -0.39 is 0 Å². The minimum atomic E-state index is 0.771. The summed E-state index contributed by atoms with van der Waals surface area (Å²) in [6.45, 7) is 6.62. The van der Waals surface area contributed by atoms with Gasteiger partial charge in [-0.05, 0) is 36.6 Å². The van der Waals surface area contributed by atoms with Crippen LogP contribution in [0, 0.1) is 12.8 Å². The van der Waals surface area contributed by atoms with Crippen LogP contribution in [-0.2, 0) is 0 Å². The van der Waals surface area contributed by atoms with Crippen molar-refractivity contribution in [1.82, 2.24) is 0 Å². The Balaban J connectivity index is 2.58. The lowest BCUT2D eigenvalue weighted by Gasteiger charge is -2.09. The maximum Gasteiger partial charge on any atom is 0.0454 e. The molecular weight excluding hydrogens is 190 g/mol. The van der Waals surface area contributed by atoms with Crippen LogP contribution in [0.5, 0.6) is 0 Å². The number of hydrogen-bond acceptors (Lipinski definition) is 2. The molecule has 78 valence electrons. The van der Waals surface area contributed by atoms with E-state index >= 15 is 0 Å². The summed E-state index contributed by atoms with van der Waals surface area (Å²) in [4.78, 5) is 1.26. The molecule has 1 rings (SSSR count). The summed E-state index contributed by atoms with van der Waals surface area (Å²) in [5, 5.41) is 0. The molecule has 1 aromatic carbocycles. The molecule has 0 radical (unpaired) electrons. The normalized spacial score (nSPS) is 10.9. The number of aryl methyl sites for hydroxylation is 1. The summed E-state index contributed by atoms with van der Waals surface area (Å²) in [5.74, 6) is 1.93. The first-order valence-corrected chi connectivity index (χ1v) is 6.07. The van der Waals surface area contributed by atoms with E-state index in [2.05, 4.69) is 26.8 Å². The molecule has 2 heteroatoms. The smallest absolute Gasteiger partial charge is 0.0454 e. The van der Waals surface area contributed by atoms with Gasteiger partial charge in [-0.3, -0.25) is 0 Å². The van der Waals surface area contributed by atoms with Crippen molar-refractivity contribution in [1.29, 1.82) is 0 Å². The first-order chi connectivity index (χ1) is 6.61. The predicted molar refractivity (Wildman–Crippen MR) is 65.8 cm³/mol. The van der Waals surface area contributed by atoms with Crippen molar-refractivity contribution >= 4 is 17.4 Å². The zero-order valence-electron chi connectivity index (χ0n) is 9.21. The molecule has 1 nitrogen and oxygen atoms in total. The predicted octanol–water partition coefficient (Wildman–Crippen LogP) is 3.72. The van der Waals surface area contributed by atoms with Gasteiger partial charge in [0.25, 0.3) is 0 Å². The third-order valence-corrected chi connectivity index (χ3v) is 3.47. The van der Waals surface area contributed by atoms with E-state index in [4.69, 9.17) is 5.73 Å². The quantitative estimate of drug-likeness (QED) is 0.604. The Kier molecular flexibility index (Phi) is 4.33. The first kappa shape index (κ1) is 11.4. The topological polar surface area (TPSA) is 26.0 Å². The number of nitrogen functional groups attached to an aromatic ring is 1. The third kappa shape index (κ3) is 3.26. The summed E-state index contributed by atoms with van der Waals surface area (Å²) in [7, 11) is 0. The molecule has 0 aliphatic rings. The van der Waals surface area contributed by atoms with Crippen LogP contribution in [-0.4, -0.2) is 5.75 Å². The van der Waals surface area contributed by atoms with E-state index in [1.165, 1.54) is 16.9 Å². The fraction of sp³-hybridized carbons (Fsp3) is 0.500. The standard InChI is InChI=1S/C12H19NS/c1-9(2)7-8-14-12-10(3)5-4-6-11(12)13/h4-6,9H,7-8,13H2,1-3H3. The highest BCUT2D eigenvalue weighted by atomic mass is 32.2. The number of thioether (sulfide) groups is 1. The van der Waals surface area contributed by atoms with Crippen LogP contribution >= 0.6 is 11.8 Å². The number of rotatable bonds is 4. The van der Waals surface area contributed by atoms with Crippen molar-refractivity contribution in [2.45, 2.75) is 32.1 Å². The molecule has 0 amide bonds. The van der Waals surface area contributed by atoms with Gasteiger partial charge in [-0.25, -0.2) is 0 Å². The molecule has 0 atom stereocenters. The lowest BCUT2D eigenvalue weighted by molar-refractivity contribution is 0.632. The molecule has 0 aliphatic heterocycles. The van der Waals surface area contributed by atoms with Crippen LogP contribution in [0.25, 0.3) is 0 Å². The van der Waals surface area contributed by atoms with Gasteiger partial charge in [-0.15, -0.1) is 11.8 Å². The zero-order chi connectivity index (χ0) is 10.6. The number of benzene rings is 1. The third-order valence-electron chi connectivity index (χ3n) is 2.18. The van der Waals surface area contributed by atoms with Gasteiger partial charge in [0.05, 0.1) is 0 Å². The zero-order valence-corrected chi connectivity index (χ0v) is 10.0. The van der Waals surface area contributed by atoms with Crippen molar-refractivity contribution in [2.24, 2.45) is 5.92 Å². The molecule has 0 spiro atoms. The highest BCUT2D eigenvalue weighted by Gasteiger charge is 2.03. The molecule has 0 aromatic heterocycles. The second-order valence-electron chi connectivity index (χ2n) is 4.02. The number of anilines is 1. The Labute approximate surface area is 91.1 Å². The molecule has 0 bridgehead atoms. The lowest BCUT2D eigenvalue weighted by Crippen LogP contribution is -1.94. The summed E-state index contributed by atoms with van der Waals surface area (Å²) >= 11 is 1.88. The summed E-state index contributed by atoms with van der Waals surface area (Å²) in [5.41, 5.74) is 8.12. The summed E-state index contributed by atoms with van der Waals surface area (Å²) in [6, 6.07) is 6.11. The van der Waals surface area contributed by atoms with Crippen LogP contribution in [0.3, 0.4) is 0 Å². The Bertz CT molecular complexity index is 274. The van der Waals surface area contributed by atoms with E-state index in [9.17, 15) is 0 Å². The van der Waals surface area contributed by atoms with Gasteiger partial charge in [0.2, 0.25) is 0 Å². The largest absolute Gasteiger partial charge is 0.398 e. The fourth-order valence-electron chi connectivity index (χ4n) is 1.27. The van der Waals surface area contributed by atoms with Crippen LogP contribution in [0.2, 0.25) is 0 Å². The molecule has 2 N–H and O–H groups in total. The SMILES string of the molecule is Cc1cccc(N)c1SCCC(C)C. The number of hydrogen-bond donors (Lipinski definition) is 1. The van der Waals surface area contributed by atoms with Crippen molar-refractivity contribution in [3.8, 4) is 0 Å². The van der Waals surface area contributed by atoms with Crippen molar-refractivity contribution in [3.05, 3.63) is 23.8 Å². The summed E-state index contributed by atoms with van der Waals surface area (Å²) in [6.07, 6.45) is 1.25. The van der Waals surface area contributed by atoms with Crippen LogP contribution in [0.15, 0.2) is 23.1 Å². The first-order valence-electron chi connectivity index (χ1n) is 5.09. The molecule has 0 unspecified atom stereocenters. The molecule has 0 heterocycles. The lowest BCUT2D eigenvalue weighted by atomic mass is 10.2. The average molecular weight is 209 g/mol.